The molecule has 1 unspecified atom stereocenters. The smallest absolute Gasteiger partial charge is 0.159 e. The van der Waals surface area contributed by atoms with Crippen molar-refractivity contribution in [2.45, 2.75) is 26.7 Å². The van der Waals surface area contributed by atoms with Crippen molar-refractivity contribution in [3.05, 3.63) is 65.7 Å². The number of hydrogen-bond donors (Lipinski definition) is 1. The van der Waals surface area contributed by atoms with Gasteiger partial charge in [0, 0.05) is 18.3 Å². The van der Waals surface area contributed by atoms with Crippen LogP contribution in [0.25, 0.3) is 5.82 Å². The molecule has 2 heterocycles. The van der Waals surface area contributed by atoms with Crippen molar-refractivity contribution >= 4 is 5.82 Å². The summed E-state index contributed by atoms with van der Waals surface area (Å²) in [5.41, 5.74) is 3.35. The largest absolute Gasteiger partial charge is 0.369 e. The van der Waals surface area contributed by atoms with Gasteiger partial charge >= 0.3 is 0 Å². The lowest BCUT2D eigenvalue weighted by Crippen LogP contribution is -2.12. The first kappa shape index (κ1) is 15.2. The number of nitrogens with one attached hydrogen (secondary N) is 1. The highest BCUT2D eigenvalue weighted by Crippen LogP contribution is 2.16. The van der Waals surface area contributed by atoms with Crippen molar-refractivity contribution < 1.29 is 0 Å². The van der Waals surface area contributed by atoms with Gasteiger partial charge in [0.2, 0.25) is 0 Å². The minimum atomic E-state index is 0.406. The third kappa shape index (κ3) is 3.56. The summed E-state index contributed by atoms with van der Waals surface area (Å²) in [4.78, 5) is 8.62. The first-order valence-corrected chi connectivity index (χ1v) is 7.78. The number of hydrogen-bond acceptors (Lipinski definition) is 4. The number of aryl methyl sites for hydroxylation is 2. The Kier molecular flexibility index (Phi) is 4.37. The SMILES string of the molecule is Cc1cc(C)n(-c2cc(NCC(C)c3ccccc3)ncn2)n1. The molecule has 118 valence electrons. The summed E-state index contributed by atoms with van der Waals surface area (Å²) in [6.45, 7) is 7.01. The fourth-order valence-electron chi connectivity index (χ4n) is 2.58. The fraction of sp³-hybridized carbons (Fsp3) is 0.278. The van der Waals surface area contributed by atoms with Crippen LogP contribution in [0.1, 0.15) is 29.8 Å². The number of rotatable bonds is 5. The van der Waals surface area contributed by atoms with Crippen molar-refractivity contribution in [1.29, 1.82) is 0 Å². The van der Waals surface area contributed by atoms with E-state index in [4.69, 9.17) is 0 Å². The molecule has 3 rings (SSSR count). The second kappa shape index (κ2) is 6.60. The van der Waals surface area contributed by atoms with Gasteiger partial charge in [-0.25, -0.2) is 14.6 Å². The Hall–Kier alpha value is -2.69. The van der Waals surface area contributed by atoms with Crippen LogP contribution >= 0.6 is 0 Å². The average Bonchev–Trinajstić information content (AvgIpc) is 2.92. The Labute approximate surface area is 136 Å². The van der Waals surface area contributed by atoms with Gasteiger partial charge in [-0.05, 0) is 31.4 Å². The number of benzene rings is 1. The zero-order valence-electron chi connectivity index (χ0n) is 13.7. The van der Waals surface area contributed by atoms with Gasteiger partial charge in [-0.3, -0.25) is 0 Å². The first-order valence-electron chi connectivity index (χ1n) is 7.78. The summed E-state index contributed by atoms with van der Waals surface area (Å²) in [6, 6.07) is 14.4. The minimum Gasteiger partial charge on any atom is -0.369 e. The number of nitrogens with zero attached hydrogens (tertiary/aromatic N) is 4. The monoisotopic (exact) mass is 307 g/mol. The quantitative estimate of drug-likeness (QED) is 0.784. The topological polar surface area (TPSA) is 55.6 Å². The predicted molar refractivity (Wildman–Crippen MR) is 92.0 cm³/mol. The Morgan fingerprint density at radius 1 is 1.09 bits per heavy atom. The van der Waals surface area contributed by atoms with E-state index < -0.39 is 0 Å². The van der Waals surface area contributed by atoms with E-state index in [0.717, 1.165) is 29.6 Å². The molecule has 3 aromatic rings. The van der Waals surface area contributed by atoms with Crippen molar-refractivity contribution in [2.75, 3.05) is 11.9 Å². The molecule has 0 spiro atoms. The molecular formula is C18H21N5. The summed E-state index contributed by atoms with van der Waals surface area (Å²) in [7, 11) is 0. The van der Waals surface area contributed by atoms with Crippen molar-refractivity contribution in [2.24, 2.45) is 0 Å². The van der Waals surface area contributed by atoms with Gasteiger partial charge < -0.3 is 5.32 Å². The minimum absolute atomic E-state index is 0.406. The van der Waals surface area contributed by atoms with E-state index in [1.165, 1.54) is 5.56 Å². The summed E-state index contributed by atoms with van der Waals surface area (Å²) in [5.74, 6) is 1.99. The van der Waals surface area contributed by atoms with Crippen LogP contribution in [0.5, 0.6) is 0 Å². The van der Waals surface area contributed by atoms with Crippen LogP contribution in [0.4, 0.5) is 5.82 Å². The highest BCUT2D eigenvalue weighted by atomic mass is 15.3. The molecule has 0 aliphatic heterocycles. The van der Waals surface area contributed by atoms with Crippen LogP contribution in [0.2, 0.25) is 0 Å². The molecule has 2 aromatic heterocycles. The van der Waals surface area contributed by atoms with Crippen LogP contribution in [0.15, 0.2) is 48.8 Å². The molecule has 0 radical (unpaired) electrons. The van der Waals surface area contributed by atoms with Crippen molar-refractivity contribution in [3.63, 3.8) is 0 Å². The van der Waals surface area contributed by atoms with E-state index in [-0.39, 0.29) is 0 Å². The summed E-state index contributed by atoms with van der Waals surface area (Å²) in [6.07, 6.45) is 1.57. The Bertz CT molecular complexity index is 779. The van der Waals surface area contributed by atoms with Gasteiger partial charge in [0.1, 0.15) is 12.1 Å². The van der Waals surface area contributed by atoms with Gasteiger partial charge in [0.25, 0.3) is 0 Å². The van der Waals surface area contributed by atoms with E-state index >= 15 is 0 Å². The second-order valence-corrected chi connectivity index (χ2v) is 5.79. The zero-order valence-corrected chi connectivity index (χ0v) is 13.7. The van der Waals surface area contributed by atoms with E-state index in [2.05, 4.69) is 51.6 Å². The van der Waals surface area contributed by atoms with E-state index in [9.17, 15) is 0 Å². The molecule has 0 aliphatic carbocycles. The van der Waals surface area contributed by atoms with Gasteiger partial charge in [-0.15, -0.1) is 0 Å². The van der Waals surface area contributed by atoms with Gasteiger partial charge in [0.05, 0.1) is 5.69 Å². The van der Waals surface area contributed by atoms with Crippen LogP contribution in [0.3, 0.4) is 0 Å². The average molecular weight is 307 g/mol. The maximum atomic E-state index is 4.46. The highest BCUT2D eigenvalue weighted by molar-refractivity contribution is 5.41. The molecule has 0 saturated carbocycles. The van der Waals surface area contributed by atoms with Gasteiger partial charge in [0.15, 0.2) is 5.82 Å². The molecule has 5 heteroatoms. The van der Waals surface area contributed by atoms with Gasteiger partial charge in [-0.2, -0.15) is 5.10 Å². The second-order valence-electron chi connectivity index (χ2n) is 5.79. The van der Waals surface area contributed by atoms with E-state index in [1.807, 2.05) is 36.7 Å². The molecule has 0 amide bonds. The Morgan fingerprint density at radius 2 is 1.87 bits per heavy atom. The highest BCUT2D eigenvalue weighted by Gasteiger charge is 2.08. The van der Waals surface area contributed by atoms with Crippen molar-refractivity contribution in [3.8, 4) is 5.82 Å². The lowest BCUT2D eigenvalue weighted by Gasteiger charge is -2.14. The molecule has 23 heavy (non-hydrogen) atoms. The molecule has 0 bridgehead atoms. The predicted octanol–water partition coefficient (Wildman–Crippen LogP) is 3.49. The molecule has 1 aromatic carbocycles. The van der Waals surface area contributed by atoms with Crippen LogP contribution < -0.4 is 5.32 Å². The zero-order chi connectivity index (χ0) is 16.2. The van der Waals surface area contributed by atoms with Crippen LogP contribution in [0, 0.1) is 13.8 Å². The number of anilines is 1. The van der Waals surface area contributed by atoms with Gasteiger partial charge in [-0.1, -0.05) is 37.3 Å². The fourth-order valence-corrected chi connectivity index (χ4v) is 2.58. The lowest BCUT2D eigenvalue weighted by molar-refractivity contribution is 0.788. The van der Waals surface area contributed by atoms with Crippen LogP contribution in [-0.4, -0.2) is 26.3 Å². The Morgan fingerprint density at radius 3 is 2.57 bits per heavy atom. The molecule has 1 atom stereocenters. The molecule has 0 aliphatic rings. The third-order valence-electron chi connectivity index (χ3n) is 3.84. The number of aromatic nitrogens is 4. The molecule has 5 nitrogen and oxygen atoms in total. The molecular weight excluding hydrogens is 286 g/mol. The van der Waals surface area contributed by atoms with E-state index in [1.54, 1.807) is 6.33 Å². The molecule has 0 fully saturated rings. The maximum Gasteiger partial charge on any atom is 0.159 e. The summed E-state index contributed by atoms with van der Waals surface area (Å²) >= 11 is 0. The molecule has 0 saturated heterocycles. The van der Waals surface area contributed by atoms with Crippen LogP contribution in [-0.2, 0) is 0 Å². The first-order chi connectivity index (χ1) is 11.1. The van der Waals surface area contributed by atoms with E-state index in [0.29, 0.717) is 5.92 Å². The maximum absolute atomic E-state index is 4.46. The third-order valence-corrected chi connectivity index (χ3v) is 3.84. The normalized spacial score (nSPS) is 12.1. The lowest BCUT2D eigenvalue weighted by atomic mass is 10.0. The standard InChI is InChI=1S/C18H21N5/c1-13(16-7-5-4-6-8-16)11-19-17-10-18(21-12-20-17)23-15(3)9-14(2)22-23/h4-10,12-13H,11H2,1-3H3,(H,19,20,21). The van der Waals surface area contributed by atoms with Crippen molar-refractivity contribution in [1.82, 2.24) is 19.7 Å². The Balaban J connectivity index is 1.72. The molecule has 1 N–H and O–H groups in total. The summed E-state index contributed by atoms with van der Waals surface area (Å²) < 4.78 is 1.84. The summed E-state index contributed by atoms with van der Waals surface area (Å²) in [5, 5.41) is 7.85.